The number of carbonyl (C=O) groups excluding carboxylic acids is 1. The number of rotatable bonds is 4. The van der Waals surface area contributed by atoms with Gasteiger partial charge in [-0.2, -0.15) is 0 Å². The van der Waals surface area contributed by atoms with Crippen LogP contribution in [0.3, 0.4) is 0 Å². The van der Waals surface area contributed by atoms with Gasteiger partial charge >= 0.3 is 0 Å². The summed E-state index contributed by atoms with van der Waals surface area (Å²) >= 11 is 12.0. The fourth-order valence-corrected chi connectivity index (χ4v) is 3.06. The molecule has 1 saturated heterocycles. The van der Waals surface area contributed by atoms with Crippen LogP contribution in [0.4, 0.5) is 5.69 Å². The van der Waals surface area contributed by atoms with Crippen molar-refractivity contribution in [2.45, 2.75) is 18.9 Å². The van der Waals surface area contributed by atoms with Crippen LogP contribution in [0, 0.1) is 0 Å². The van der Waals surface area contributed by atoms with E-state index in [9.17, 15) is 4.79 Å². The van der Waals surface area contributed by atoms with Gasteiger partial charge in [0.15, 0.2) is 0 Å². The van der Waals surface area contributed by atoms with E-state index in [-0.39, 0.29) is 11.9 Å². The number of carbonyl (C=O) groups is 1. The molecule has 1 amide bonds. The molecule has 22 heavy (non-hydrogen) atoms. The van der Waals surface area contributed by atoms with Crippen molar-refractivity contribution in [3.8, 4) is 0 Å². The molecule has 1 fully saturated rings. The summed E-state index contributed by atoms with van der Waals surface area (Å²) in [4.78, 5) is 14.3. The monoisotopic (exact) mass is 340 g/mol. The van der Waals surface area contributed by atoms with Gasteiger partial charge < -0.3 is 15.0 Å². The van der Waals surface area contributed by atoms with E-state index >= 15 is 0 Å². The van der Waals surface area contributed by atoms with Gasteiger partial charge in [-0.3, -0.25) is 4.79 Å². The second-order valence-corrected chi connectivity index (χ2v) is 6.33. The van der Waals surface area contributed by atoms with Crippen LogP contribution in [0.15, 0.2) is 29.8 Å². The minimum absolute atomic E-state index is 0.0794. The number of hydrogen-bond acceptors (Lipinski definition) is 3. The predicted octanol–water partition coefficient (Wildman–Crippen LogP) is 3.04. The van der Waals surface area contributed by atoms with E-state index in [4.69, 9.17) is 27.9 Å². The van der Waals surface area contributed by atoms with Gasteiger partial charge in [-0.15, -0.1) is 0 Å². The molecule has 0 radical (unpaired) electrons. The molecule has 2 aliphatic rings. The molecule has 6 heteroatoms. The summed E-state index contributed by atoms with van der Waals surface area (Å²) < 4.78 is 5.41. The van der Waals surface area contributed by atoms with Crippen molar-refractivity contribution in [1.82, 2.24) is 5.32 Å². The van der Waals surface area contributed by atoms with Crippen molar-refractivity contribution in [1.29, 1.82) is 0 Å². The topological polar surface area (TPSA) is 41.6 Å². The number of nitrogens with zero attached hydrogens (tertiary/aromatic N) is 1. The average Bonchev–Trinajstić information content (AvgIpc) is 2.90. The van der Waals surface area contributed by atoms with E-state index < -0.39 is 0 Å². The maximum absolute atomic E-state index is 12.5. The first-order valence-electron chi connectivity index (χ1n) is 7.40. The lowest BCUT2D eigenvalue weighted by Gasteiger charge is -2.19. The second kappa shape index (κ2) is 7.01. The third-order valence-electron chi connectivity index (χ3n) is 3.98. The molecule has 1 aromatic carbocycles. The first kappa shape index (κ1) is 15.8. The highest BCUT2D eigenvalue weighted by molar-refractivity contribution is 6.42. The molecule has 0 aliphatic carbocycles. The molecule has 2 aliphatic heterocycles. The van der Waals surface area contributed by atoms with Gasteiger partial charge in [-0.05, 0) is 36.6 Å². The van der Waals surface area contributed by atoms with Gasteiger partial charge in [0.2, 0.25) is 5.91 Å². The van der Waals surface area contributed by atoms with Gasteiger partial charge in [-0.25, -0.2) is 0 Å². The highest BCUT2D eigenvalue weighted by atomic mass is 35.5. The third-order valence-corrected chi connectivity index (χ3v) is 4.72. The van der Waals surface area contributed by atoms with E-state index in [1.165, 1.54) is 5.57 Å². The van der Waals surface area contributed by atoms with Crippen molar-refractivity contribution in [2.75, 3.05) is 31.2 Å². The number of anilines is 1. The number of benzene rings is 1. The van der Waals surface area contributed by atoms with Crippen molar-refractivity contribution in [3.05, 3.63) is 39.9 Å². The van der Waals surface area contributed by atoms with Crippen LogP contribution in [0.2, 0.25) is 10.0 Å². The van der Waals surface area contributed by atoms with Crippen LogP contribution in [0.1, 0.15) is 12.8 Å². The molecule has 118 valence electrons. The standard InChI is InChI=1S/C16H18Cl2N2O2/c17-13-4-3-12(8-14(13)18)20-6-5-15(16(20)21)19-9-11-2-1-7-22-10-11/h2-4,8,15,19H,1,5-7,9-10H2/t15-/m1/s1. The van der Waals surface area contributed by atoms with Gasteiger partial charge in [0.25, 0.3) is 0 Å². The zero-order valence-electron chi connectivity index (χ0n) is 12.1. The van der Waals surface area contributed by atoms with Crippen LogP contribution in [0.5, 0.6) is 0 Å². The SMILES string of the molecule is O=C1[C@H](NCC2=CCCOC2)CCN1c1ccc(Cl)c(Cl)c1. The van der Waals surface area contributed by atoms with Crippen LogP contribution in [0.25, 0.3) is 0 Å². The lowest BCUT2D eigenvalue weighted by molar-refractivity contribution is -0.118. The largest absolute Gasteiger partial charge is 0.377 e. The Kier molecular flexibility index (Phi) is 5.03. The van der Waals surface area contributed by atoms with Crippen LogP contribution < -0.4 is 10.2 Å². The Labute approximate surface area is 140 Å². The number of ether oxygens (including phenoxy) is 1. The van der Waals surface area contributed by atoms with Crippen LogP contribution >= 0.6 is 23.2 Å². The minimum atomic E-state index is -0.155. The Morgan fingerprint density at radius 1 is 1.32 bits per heavy atom. The highest BCUT2D eigenvalue weighted by Crippen LogP contribution is 2.29. The normalized spacial score (nSPS) is 22.1. The zero-order valence-corrected chi connectivity index (χ0v) is 13.7. The van der Waals surface area contributed by atoms with E-state index in [1.807, 2.05) is 6.07 Å². The summed E-state index contributed by atoms with van der Waals surface area (Å²) in [6.07, 6.45) is 3.92. The van der Waals surface area contributed by atoms with Crippen LogP contribution in [-0.2, 0) is 9.53 Å². The predicted molar refractivity (Wildman–Crippen MR) is 88.7 cm³/mol. The van der Waals surface area contributed by atoms with Crippen molar-refractivity contribution in [2.24, 2.45) is 0 Å². The maximum atomic E-state index is 12.5. The molecule has 2 heterocycles. The fourth-order valence-electron chi connectivity index (χ4n) is 2.76. The summed E-state index contributed by atoms with van der Waals surface area (Å²) in [5.74, 6) is 0.0794. The average molecular weight is 341 g/mol. The van der Waals surface area contributed by atoms with E-state index in [2.05, 4.69) is 11.4 Å². The number of halogens is 2. The van der Waals surface area contributed by atoms with E-state index in [1.54, 1.807) is 17.0 Å². The summed E-state index contributed by atoms with van der Waals surface area (Å²) in [7, 11) is 0. The summed E-state index contributed by atoms with van der Waals surface area (Å²) in [6, 6.07) is 5.13. The van der Waals surface area contributed by atoms with Gasteiger partial charge in [0.1, 0.15) is 0 Å². The van der Waals surface area contributed by atoms with Gasteiger partial charge in [0, 0.05) is 18.8 Å². The zero-order chi connectivity index (χ0) is 15.5. The quantitative estimate of drug-likeness (QED) is 0.856. The molecule has 0 bridgehead atoms. The molecule has 3 rings (SSSR count). The van der Waals surface area contributed by atoms with Crippen molar-refractivity contribution >= 4 is 34.8 Å². The van der Waals surface area contributed by atoms with E-state index in [0.29, 0.717) is 29.7 Å². The Hall–Kier alpha value is -1.07. The molecular formula is C16H18Cl2N2O2. The highest BCUT2D eigenvalue weighted by Gasteiger charge is 2.32. The second-order valence-electron chi connectivity index (χ2n) is 5.51. The number of nitrogens with one attached hydrogen (secondary N) is 1. The number of hydrogen-bond donors (Lipinski definition) is 1. The summed E-state index contributed by atoms with van der Waals surface area (Å²) in [5, 5.41) is 4.29. The fraction of sp³-hybridized carbons (Fsp3) is 0.438. The Morgan fingerprint density at radius 3 is 2.91 bits per heavy atom. The molecule has 0 spiro atoms. The van der Waals surface area contributed by atoms with Crippen molar-refractivity contribution in [3.63, 3.8) is 0 Å². The molecule has 1 N–H and O–H groups in total. The molecule has 1 aromatic rings. The van der Waals surface area contributed by atoms with Gasteiger partial charge in [-0.1, -0.05) is 29.3 Å². The first-order chi connectivity index (χ1) is 10.6. The molecule has 4 nitrogen and oxygen atoms in total. The number of amides is 1. The molecular weight excluding hydrogens is 323 g/mol. The third kappa shape index (κ3) is 3.46. The Balaban J connectivity index is 1.61. The Bertz CT molecular complexity index is 604. The molecule has 0 aromatic heterocycles. The lowest BCUT2D eigenvalue weighted by Crippen LogP contribution is -2.39. The minimum Gasteiger partial charge on any atom is -0.377 e. The Morgan fingerprint density at radius 2 is 2.18 bits per heavy atom. The van der Waals surface area contributed by atoms with Gasteiger partial charge in [0.05, 0.1) is 29.3 Å². The summed E-state index contributed by atoms with van der Waals surface area (Å²) in [6.45, 7) is 2.83. The smallest absolute Gasteiger partial charge is 0.244 e. The molecule has 0 saturated carbocycles. The first-order valence-corrected chi connectivity index (χ1v) is 8.16. The maximum Gasteiger partial charge on any atom is 0.244 e. The molecule has 0 unspecified atom stereocenters. The van der Waals surface area contributed by atoms with Crippen molar-refractivity contribution < 1.29 is 9.53 Å². The van der Waals surface area contributed by atoms with Crippen LogP contribution in [-0.4, -0.2) is 38.3 Å². The van der Waals surface area contributed by atoms with E-state index in [0.717, 1.165) is 25.1 Å². The summed E-state index contributed by atoms with van der Waals surface area (Å²) in [5.41, 5.74) is 2.01. The molecule has 1 atom stereocenters. The lowest BCUT2D eigenvalue weighted by atomic mass is 10.1.